The van der Waals surface area contributed by atoms with Crippen LogP contribution in [0.25, 0.3) is 0 Å². The van der Waals surface area contributed by atoms with Crippen molar-refractivity contribution in [2.75, 3.05) is 18.4 Å². The van der Waals surface area contributed by atoms with Crippen molar-refractivity contribution in [3.63, 3.8) is 0 Å². The fourth-order valence-electron chi connectivity index (χ4n) is 4.15. The van der Waals surface area contributed by atoms with Gasteiger partial charge in [-0.1, -0.05) is 49.4 Å². The maximum atomic E-state index is 13.1. The fraction of sp³-hybridized carbons (Fsp3) is 0.480. The van der Waals surface area contributed by atoms with Crippen molar-refractivity contribution in [3.8, 4) is 0 Å². The van der Waals surface area contributed by atoms with Gasteiger partial charge in [0.25, 0.3) is 5.91 Å². The number of amides is 1. The second-order valence-corrected chi connectivity index (χ2v) is 8.28. The predicted molar refractivity (Wildman–Crippen MR) is 123 cm³/mol. The van der Waals surface area contributed by atoms with Crippen molar-refractivity contribution in [2.24, 2.45) is 0 Å². The molecule has 0 spiro atoms. The van der Waals surface area contributed by atoms with E-state index in [1.54, 1.807) is 0 Å². The molecule has 30 heavy (non-hydrogen) atoms. The minimum atomic E-state index is -0.676. The number of para-hydroxylation sites is 1. The Morgan fingerprint density at radius 2 is 1.77 bits per heavy atom. The Morgan fingerprint density at radius 1 is 1.07 bits per heavy atom. The molecule has 0 radical (unpaired) electrons. The van der Waals surface area contributed by atoms with E-state index in [1.807, 2.05) is 61.5 Å². The molecule has 2 aromatic carbocycles. The van der Waals surface area contributed by atoms with Crippen molar-refractivity contribution < 1.29 is 9.90 Å². The summed E-state index contributed by atoms with van der Waals surface area (Å²) in [5.41, 5.74) is 2.65. The first-order chi connectivity index (χ1) is 14.6. The van der Waals surface area contributed by atoms with Crippen LogP contribution in [0.2, 0.25) is 0 Å². The molecular formula is C25H35N3O2. The molecular weight excluding hydrogens is 374 g/mol. The lowest BCUT2D eigenvalue weighted by Crippen LogP contribution is -2.56. The van der Waals surface area contributed by atoms with E-state index in [-0.39, 0.29) is 17.5 Å². The van der Waals surface area contributed by atoms with Crippen molar-refractivity contribution in [3.05, 3.63) is 65.7 Å². The van der Waals surface area contributed by atoms with Gasteiger partial charge < -0.3 is 21.1 Å². The molecule has 2 aromatic rings. The van der Waals surface area contributed by atoms with Crippen LogP contribution in [0.15, 0.2) is 54.6 Å². The number of aliphatic hydroxyl groups excluding tert-OH is 1. The summed E-state index contributed by atoms with van der Waals surface area (Å²) in [5.74, 6) is -0.166. The highest BCUT2D eigenvalue weighted by atomic mass is 16.3. The highest BCUT2D eigenvalue weighted by Crippen LogP contribution is 2.34. The van der Waals surface area contributed by atoms with Crippen LogP contribution in [-0.2, 0) is 6.42 Å². The molecule has 0 heterocycles. The van der Waals surface area contributed by atoms with Crippen LogP contribution in [0.4, 0.5) is 5.69 Å². The Kier molecular flexibility index (Phi) is 7.88. The molecule has 1 aliphatic carbocycles. The van der Waals surface area contributed by atoms with Gasteiger partial charge in [-0.05, 0) is 56.7 Å². The van der Waals surface area contributed by atoms with Crippen molar-refractivity contribution in [2.45, 2.75) is 63.6 Å². The van der Waals surface area contributed by atoms with E-state index in [9.17, 15) is 9.90 Å². The van der Waals surface area contributed by atoms with Gasteiger partial charge in [-0.2, -0.15) is 0 Å². The van der Waals surface area contributed by atoms with Crippen LogP contribution >= 0.6 is 0 Å². The van der Waals surface area contributed by atoms with Crippen LogP contribution in [0.5, 0.6) is 0 Å². The average Bonchev–Trinajstić information content (AvgIpc) is 2.74. The van der Waals surface area contributed by atoms with Crippen molar-refractivity contribution in [1.82, 2.24) is 10.6 Å². The van der Waals surface area contributed by atoms with Gasteiger partial charge in [0.1, 0.15) is 0 Å². The monoisotopic (exact) mass is 409 g/mol. The molecule has 0 bridgehead atoms. The van der Waals surface area contributed by atoms with Gasteiger partial charge in [0.05, 0.1) is 17.7 Å². The Labute approximate surface area is 180 Å². The summed E-state index contributed by atoms with van der Waals surface area (Å²) in [6, 6.07) is 17.1. The zero-order valence-electron chi connectivity index (χ0n) is 18.2. The lowest BCUT2D eigenvalue weighted by Gasteiger charge is -2.43. The van der Waals surface area contributed by atoms with Crippen LogP contribution in [0, 0.1) is 0 Å². The number of benzene rings is 2. The summed E-state index contributed by atoms with van der Waals surface area (Å²) < 4.78 is 0. The molecule has 0 saturated heterocycles. The first kappa shape index (κ1) is 22.3. The molecule has 1 aliphatic rings. The fourth-order valence-corrected chi connectivity index (χ4v) is 4.15. The molecule has 1 fully saturated rings. The number of rotatable bonds is 11. The molecule has 1 saturated carbocycles. The molecule has 3 rings (SSSR count). The molecule has 2 atom stereocenters. The number of carbonyl (C=O) groups excluding carboxylic acids is 1. The number of hydrogen-bond donors (Lipinski definition) is 4. The lowest BCUT2D eigenvalue weighted by atomic mass is 9.74. The lowest BCUT2D eigenvalue weighted by molar-refractivity contribution is 0.0755. The second kappa shape index (κ2) is 10.6. The van der Waals surface area contributed by atoms with Gasteiger partial charge in [0, 0.05) is 24.3 Å². The summed E-state index contributed by atoms with van der Waals surface area (Å²) in [4.78, 5) is 13.1. The van der Waals surface area contributed by atoms with Gasteiger partial charge >= 0.3 is 0 Å². The van der Waals surface area contributed by atoms with E-state index in [0.29, 0.717) is 18.5 Å². The number of aliphatic hydroxyl groups is 1. The Hall–Kier alpha value is -2.37. The Morgan fingerprint density at radius 3 is 2.40 bits per heavy atom. The van der Waals surface area contributed by atoms with Gasteiger partial charge in [-0.15, -0.1) is 0 Å². The summed E-state index contributed by atoms with van der Waals surface area (Å²) in [5, 5.41) is 20.9. The van der Waals surface area contributed by atoms with E-state index in [0.717, 1.165) is 37.1 Å². The average molecular weight is 410 g/mol. The highest BCUT2D eigenvalue weighted by molar-refractivity contribution is 5.99. The third-order valence-corrected chi connectivity index (χ3v) is 6.29. The summed E-state index contributed by atoms with van der Waals surface area (Å²) in [6.45, 7) is 5.41. The first-order valence-electron chi connectivity index (χ1n) is 11.2. The zero-order chi connectivity index (χ0) is 21.4. The number of nitrogens with one attached hydrogen (secondary N) is 3. The van der Waals surface area contributed by atoms with E-state index in [4.69, 9.17) is 0 Å². The van der Waals surface area contributed by atoms with Gasteiger partial charge in [0.2, 0.25) is 0 Å². The summed E-state index contributed by atoms with van der Waals surface area (Å²) >= 11 is 0. The first-order valence-corrected chi connectivity index (χ1v) is 11.2. The number of anilines is 1. The minimum Gasteiger partial charge on any atom is -0.390 e. The minimum absolute atomic E-state index is 0.153. The SMILES string of the molecule is CCNc1ccccc1C(=O)N[C@@H](Cc1ccccc1)[C@H](O)CNC1(CC)CCC1. The van der Waals surface area contributed by atoms with E-state index < -0.39 is 6.10 Å². The maximum absolute atomic E-state index is 13.1. The van der Waals surface area contributed by atoms with Crippen LogP contribution in [0.3, 0.4) is 0 Å². The molecule has 5 nitrogen and oxygen atoms in total. The number of carbonyl (C=O) groups is 1. The van der Waals surface area contributed by atoms with E-state index in [1.165, 1.54) is 6.42 Å². The van der Waals surface area contributed by atoms with E-state index in [2.05, 4.69) is 22.9 Å². The second-order valence-electron chi connectivity index (χ2n) is 8.28. The smallest absolute Gasteiger partial charge is 0.253 e. The standard InChI is InChI=1S/C25H35N3O2/c1-3-25(15-10-16-25)27-18-23(29)22(17-19-11-6-5-7-12-19)28-24(30)20-13-8-9-14-21(20)26-4-2/h5-9,11-14,22-23,26-27,29H,3-4,10,15-18H2,1-2H3,(H,28,30)/t22-,23+/m0/s1. The summed E-state index contributed by atoms with van der Waals surface area (Å²) in [6.07, 6.45) is 4.51. The molecule has 0 unspecified atom stereocenters. The zero-order valence-corrected chi connectivity index (χ0v) is 18.2. The van der Waals surface area contributed by atoms with Crippen LogP contribution < -0.4 is 16.0 Å². The van der Waals surface area contributed by atoms with Gasteiger partial charge in [0.15, 0.2) is 0 Å². The maximum Gasteiger partial charge on any atom is 0.253 e. The molecule has 0 aromatic heterocycles. The largest absolute Gasteiger partial charge is 0.390 e. The van der Waals surface area contributed by atoms with Crippen LogP contribution in [0.1, 0.15) is 55.5 Å². The Balaban J connectivity index is 1.73. The van der Waals surface area contributed by atoms with Crippen molar-refractivity contribution in [1.29, 1.82) is 0 Å². The third kappa shape index (κ3) is 5.61. The number of β-amino-alcohol motifs (C(OH)–C–C–N with tert-alkyl or cyclic N) is 1. The predicted octanol–water partition coefficient (Wildman–Crippen LogP) is 3.74. The third-order valence-electron chi connectivity index (χ3n) is 6.29. The normalized spacial score (nSPS) is 16.9. The molecule has 162 valence electrons. The molecule has 0 aliphatic heterocycles. The quantitative estimate of drug-likeness (QED) is 0.456. The Bertz CT molecular complexity index is 800. The molecule has 5 heteroatoms. The molecule has 1 amide bonds. The topological polar surface area (TPSA) is 73.4 Å². The highest BCUT2D eigenvalue weighted by Gasteiger charge is 2.35. The van der Waals surface area contributed by atoms with E-state index >= 15 is 0 Å². The van der Waals surface area contributed by atoms with Gasteiger partial charge in [-0.3, -0.25) is 4.79 Å². The number of hydrogen-bond acceptors (Lipinski definition) is 4. The molecule has 4 N–H and O–H groups in total. The summed E-state index contributed by atoms with van der Waals surface area (Å²) in [7, 11) is 0. The van der Waals surface area contributed by atoms with Gasteiger partial charge in [-0.25, -0.2) is 0 Å². The van der Waals surface area contributed by atoms with Crippen molar-refractivity contribution >= 4 is 11.6 Å². The van der Waals surface area contributed by atoms with Crippen LogP contribution in [-0.4, -0.2) is 41.8 Å².